The van der Waals surface area contributed by atoms with E-state index >= 15 is 0 Å². The zero-order valence-corrected chi connectivity index (χ0v) is 15.0. The highest BCUT2D eigenvalue weighted by Gasteiger charge is 2.22. The Kier molecular flexibility index (Phi) is 4.80. The number of benzene rings is 2. The Bertz CT molecular complexity index is 1010. The monoisotopic (exact) mass is 393 g/mol. The fraction of sp³-hybridized carbons (Fsp3) is 0. The number of hydrogen-bond donors (Lipinski definition) is 2. The van der Waals surface area contributed by atoms with Crippen LogP contribution in [0.3, 0.4) is 0 Å². The van der Waals surface area contributed by atoms with Gasteiger partial charge in [-0.25, -0.2) is 13.2 Å². The van der Waals surface area contributed by atoms with E-state index in [4.69, 9.17) is 11.6 Å². The van der Waals surface area contributed by atoms with E-state index in [1.807, 2.05) is 0 Å². The van der Waals surface area contributed by atoms with Crippen LogP contribution in [0.2, 0.25) is 5.02 Å². The summed E-state index contributed by atoms with van der Waals surface area (Å²) in [6.07, 6.45) is 0. The fourth-order valence-corrected chi connectivity index (χ4v) is 4.42. The van der Waals surface area contributed by atoms with E-state index in [1.165, 1.54) is 18.2 Å². The largest absolute Gasteiger partial charge is 0.477 e. The van der Waals surface area contributed by atoms with Crippen LogP contribution in [0.5, 0.6) is 0 Å². The predicted octanol–water partition coefficient (Wildman–Crippen LogP) is 4.57. The maximum Gasteiger partial charge on any atom is 0.348 e. The minimum absolute atomic E-state index is 0.0336. The van der Waals surface area contributed by atoms with Crippen molar-refractivity contribution in [1.82, 2.24) is 0 Å². The van der Waals surface area contributed by atoms with Crippen LogP contribution in [0, 0.1) is 0 Å². The lowest BCUT2D eigenvalue weighted by Crippen LogP contribution is -2.14. The molecule has 2 N–H and O–H groups in total. The van der Waals surface area contributed by atoms with Crippen molar-refractivity contribution in [2.75, 3.05) is 4.72 Å². The number of aromatic carboxylic acids is 1. The molecule has 2 aromatic carbocycles. The van der Waals surface area contributed by atoms with Gasteiger partial charge in [0.15, 0.2) is 0 Å². The summed E-state index contributed by atoms with van der Waals surface area (Å²) >= 11 is 6.85. The summed E-state index contributed by atoms with van der Waals surface area (Å²) in [5.74, 6) is -1.20. The number of sulfonamides is 1. The highest BCUT2D eigenvalue weighted by atomic mass is 35.5. The van der Waals surface area contributed by atoms with Crippen LogP contribution >= 0.6 is 22.9 Å². The Morgan fingerprint density at radius 3 is 2.28 bits per heavy atom. The number of carboxylic acids is 1. The van der Waals surface area contributed by atoms with Gasteiger partial charge in [0, 0.05) is 9.90 Å². The van der Waals surface area contributed by atoms with Gasteiger partial charge in [0.1, 0.15) is 4.88 Å². The molecule has 3 rings (SSSR count). The number of anilines is 1. The second-order valence-electron chi connectivity index (χ2n) is 5.08. The van der Waals surface area contributed by atoms with Gasteiger partial charge < -0.3 is 5.11 Å². The first-order chi connectivity index (χ1) is 11.9. The molecule has 0 saturated carbocycles. The van der Waals surface area contributed by atoms with Gasteiger partial charge in [0.05, 0.1) is 10.6 Å². The average molecular weight is 394 g/mol. The molecule has 0 spiro atoms. The quantitative estimate of drug-likeness (QED) is 0.665. The van der Waals surface area contributed by atoms with E-state index < -0.39 is 16.0 Å². The van der Waals surface area contributed by atoms with Gasteiger partial charge >= 0.3 is 5.97 Å². The maximum atomic E-state index is 12.4. The number of halogens is 1. The molecule has 0 unspecified atom stereocenters. The minimum atomic E-state index is -3.87. The second-order valence-corrected chi connectivity index (χ2v) is 8.26. The maximum absolute atomic E-state index is 12.4. The van der Waals surface area contributed by atoms with Gasteiger partial charge in [-0.2, -0.15) is 0 Å². The first-order valence-corrected chi connectivity index (χ1v) is 9.75. The summed E-state index contributed by atoms with van der Waals surface area (Å²) < 4.78 is 27.3. The molecule has 0 atom stereocenters. The average Bonchev–Trinajstić information content (AvgIpc) is 2.99. The van der Waals surface area contributed by atoms with Crippen molar-refractivity contribution >= 4 is 44.6 Å². The van der Waals surface area contributed by atoms with Crippen LogP contribution in [-0.2, 0) is 10.0 Å². The molecule has 1 heterocycles. The van der Waals surface area contributed by atoms with Crippen LogP contribution in [0.4, 0.5) is 5.69 Å². The number of rotatable bonds is 5. The molecule has 0 amide bonds. The fourth-order valence-electron chi connectivity index (χ4n) is 2.19. The van der Waals surface area contributed by atoms with Gasteiger partial charge in [-0.15, -0.1) is 11.3 Å². The molecule has 0 aliphatic carbocycles. The highest BCUT2D eigenvalue weighted by molar-refractivity contribution is 7.92. The van der Waals surface area contributed by atoms with E-state index in [0.717, 1.165) is 16.9 Å². The first kappa shape index (κ1) is 17.5. The van der Waals surface area contributed by atoms with Gasteiger partial charge in [0.25, 0.3) is 10.0 Å². The van der Waals surface area contributed by atoms with E-state index in [-0.39, 0.29) is 15.5 Å². The molecular formula is C17H12ClNO4S2. The normalized spacial score (nSPS) is 11.2. The summed E-state index contributed by atoms with van der Waals surface area (Å²) in [4.78, 5) is 12.1. The molecule has 1 aromatic heterocycles. The Hall–Kier alpha value is -2.35. The summed E-state index contributed by atoms with van der Waals surface area (Å²) in [6.45, 7) is 0. The summed E-state index contributed by atoms with van der Waals surface area (Å²) in [5.41, 5.74) is 0.786. The standard InChI is InChI=1S/C17H12ClNO4S2/c18-12-8-6-11(7-9-12)15-10-14(16(24-15)17(20)21)19-25(22,23)13-4-2-1-3-5-13/h1-10,19H,(H,20,21). The molecule has 0 aliphatic heterocycles. The number of nitrogens with one attached hydrogen (secondary N) is 1. The molecule has 128 valence electrons. The summed E-state index contributed by atoms with van der Waals surface area (Å²) in [5, 5.41) is 9.95. The number of carbonyl (C=O) groups is 1. The lowest BCUT2D eigenvalue weighted by atomic mass is 10.2. The minimum Gasteiger partial charge on any atom is -0.477 e. The van der Waals surface area contributed by atoms with E-state index in [1.54, 1.807) is 42.5 Å². The van der Waals surface area contributed by atoms with Crippen LogP contribution in [0.15, 0.2) is 65.6 Å². The van der Waals surface area contributed by atoms with E-state index in [2.05, 4.69) is 4.72 Å². The SMILES string of the molecule is O=C(O)c1sc(-c2ccc(Cl)cc2)cc1NS(=O)(=O)c1ccccc1. The third-order valence-corrected chi connectivity index (χ3v) is 6.16. The van der Waals surface area contributed by atoms with Crippen molar-refractivity contribution < 1.29 is 18.3 Å². The van der Waals surface area contributed by atoms with Crippen LogP contribution in [0.1, 0.15) is 9.67 Å². The smallest absolute Gasteiger partial charge is 0.348 e. The van der Waals surface area contributed by atoms with Crippen molar-refractivity contribution in [1.29, 1.82) is 0 Å². The number of hydrogen-bond acceptors (Lipinski definition) is 4. The number of thiophene rings is 1. The van der Waals surface area contributed by atoms with E-state index in [0.29, 0.717) is 9.90 Å². The molecule has 0 radical (unpaired) electrons. The third kappa shape index (κ3) is 3.84. The Morgan fingerprint density at radius 1 is 1.04 bits per heavy atom. The van der Waals surface area contributed by atoms with Crippen molar-refractivity contribution in [2.45, 2.75) is 4.90 Å². The molecule has 0 bridgehead atoms. The first-order valence-electron chi connectivity index (χ1n) is 7.08. The van der Waals surface area contributed by atoms with Crippen molar-refractivity contribution in [3.63, 3.8) is 0 Å². The van der Waals surface area contributed by atoms with Crippen LogP contribution < -0.4 is 4.72 Å². The molecule has 0 aliphatic rings. The molecular weight excluding hydrogens is 382 g/mol. The molecule has 0 saturated heterocycles. The molecule has 8 heteroatoms. The molecule has 3 aromatic rings. The van der Waals surface area contributed by atoms with Crippen molar-refractivity contribution in [3.05, 3.63) is 70.6 Å². The topological polar surface area (TPSA) is 83.5 Å². The van der Waals surface area contributed by atoms with Crippen molar-refractivity contribution in [2.24, 2.45) is 0 Å². The Balaban J connectivity index is 2.01. The second kappa shape index (κ2) is 6.87. The Morgan fingerprint density at radius 2 is 1.68 bits per heavy atom. The third-order valence-electron chi connectivity index (χ3n) is 3.35. The van der Waals surface area contributed by atoms with Crippen molar-refractivity contribution in [3.8, 4) is 10.4 Å². The van der Waals surface area contributed by atoms with Gasteiger partial charge in [-0.05, 0) is 35.9 Å². The van der Waals surface area contributed by atoms with E-state index in [9.17, 15) is 18.3 Å². The number of carboxylic acid groups (broad SMARTS) is 1. The molecule has 5 nitrogen and oxygen atoms in total. The zero-order valence-electron chi connectivity index (χ0n) is 12.6. The molecule has 0 fully saturated rings. The lowest BCUT2D eigenvalue weighted by molar-refractivity contribution is 0.0703. The Labute approximate surface area is 153 Å². The predicted molar refractivity (Wildman–Crippen MR) is 99.0 cm³/mol. The summed E-state index contributed by atoms with van der Waals surface area (Å²) in [7, 11) is -3.87. The zero-order chi connectivity index (χ0) is 18.0. The molecule has 25 heavy (non-hydrogen) atoms. The van der Waals surface area contributed by atoms with Crippen LogP contribution in [0.25, 0.3) is 10.4 Å². The van der Waals surface area contributed by atoms with Gasteiger partial charge in [0.2, 0.25) is 0 Å². The highest BCUT2D eigenvalue weighted by Crippen LogP contribution is 2.36. The summed E-state index contributed by atoms with van der Waals surface area (Å²) in [6, 6.07) is 16.1. The lowest BCUT2D eigenvalue weighted by Gasteiger charge is -2.07. The van der Waals surface area contributed by atoms with Crippen LogP contribution in [-0.4, -0.2) is 19.5 Å². The van der Waals surface area contributed by atoms with Gasteiger partial charge in [-0.1, -0.05) is 41.9 Å². The van der Waals surface area contributed by atoms with Gasteiger partial charge in [-0.3, -0.25) is 4.72 Å².